The first-order valence-electron chi connectivity index (χ1n) is 4.10. The third-order valence-electron chi connectivity index (χ3n) is 2.72. The maximum atomic E-state index is 5.39. The Kier molecular flexibility index (Phi) is 3.00. The molecule has 1 spiro atoms. The molecule has 1 heterocycles. The van der Waals surface area contributed by atoms with E-state index in [0.717, 1.165) is 0 Å². The van der Waals surface area contributed by atoms with Crippen molar-refractivity contribution >= 4 is 12.4 Å². The summed E-state index contributed by atoms with van der Waals surface area (Å²) in [4.78, 5) is 0. The number of halogens is 1. The third-order valence-corrected chi connectivity index (χ3v) is 2.72. The number of hydrogen-bond donors (Lipinski definition) is 1. The minimum atomic E-state index is 0. The molecule has 12 heavy (non-hydrogen) atoms. The van der Waals surface area contributed by atoms with Crippen molar-refractivity contribution in [3.05, 3.63) is 0 Å². The van der Waals surface area contributed by atoms with Crippen molar-refractivity contribution in [2.24, 2.45) is 5.41 Å². The number of hydrogen-bond acceptors (Lipinski definition) is 2. The highest BCUT2D eigenvalue weighted by molar-refractivity contribution is 5.85. The molecule has 2 rings (SSSR count). The summed E-state index contributed by atoms with van der Waals surface area (Å²) in [5.41, 5.74) is 0.610. The summed E-state index contributed by atoms with van der Waals surface area (Å²) in [7, 11) is 0. The van der Waals surface area contributed by atoms with E-state index in [2.05, 4.69) is 11.2 Å². The van der Waals surface area contributed by atoms with Crippen LogP contribution in [0.5, 0.6) is 0 Å². The zero-order valence-corrected chi connectivity index (χ0v) is 7.82. The van der Waals surface area contributed by atoms with Gasteiger partial charge in [-0.05, 0) is 12.8 Å². The molecule has 2 aliphatic rings. The van der Waals surface area contributed by atoms with Gasteiger partial charge in [-0.25, -0.2) is 0 Å². The molecule has 3 heteroatoms. The molecule has 0 unspecified atom stereocenters. The predicted octanol–water partition coefficient (Wildman–Crippen LogP) is 0.810. The lowest BCUT2D eigenvalue weighted by Gasteiger charge is -2.53. The Morgan fingerprint density at radius 2 is 2.17 bits per heavy atom. The Morgan fingerprint density at radius 3 is 2.58 bits per heavy atom. The topological polar surface area (TPSA) is 21.3 Å². The SMILES string of the molecule is C#CCOC1CC2(CNC2)C1.Cl. The Morgan fingerprint density at radius 1 is 1.50 bits per heavy atom. The molecule has 2 nitrogen and oxygen atoms in total. The van der Waals surface area contributed by atoms with Gasteiger partial charge in [-0.1, -0.05) is 5.92 Å². The molecule has 1 aliphatic heterocycles. The van der Waals surface area contributed by atoms with Crippen LogP contribution in [0.25, 0.3) is 0 Å². The van der Waals surface area contributed by atoms with E-state index in [1.54, 1.807) is 0 Å². The van der Waals surface area contributed by atoms with Crippen molar-refractivity contribution in [2.75, 3.05) is 19.7 Å². The van der Waals surface area contributed by atoms with Gasteiger partial charge in [0.1, 0.15) is 6.61 Å². The molecular formula is C9H14ClNO. The molecule has 0 atom stereocenters. The predicted molar refractivity (Wildman–Crippen MR) is 50.4 cm³/mol. The van der Waals surface area contributed by atoms with Crippen LogP contribution in [0.15, 0.2) is 0 Å². The quantitative estimate of drug-likeness (QED) is 0.647. The van der Waals surface area contributed by atoms with Crippen LogP contribution in [0.1, 0.15) is 12.8 Å². The summed E-state index contributed by atoms with van der Waals surface area (Å²) in [6.07, 6.45) is 7.95. The second-order valence-corrected chi connectivity index (χ2v) is 3.65. The summed E-state index contributed by atoms with van der Waals surface area (Å²) >= 11 is 0. The van der Waals surface area contributed by atoms with Crippen LogP contribution in [0.3, 0.4) is 0 Å². The van der Waals surface area contributed by atoms with Crippen LogP contribution < -0.4 is 5.32 Å². The van der Waals surface area contributed by atoms with Crippen molar-refractivity contribution in [3.8, 4) is 12.3 Å². The average molecular weight is 188 g/mol. The molecule has 1 saturated carbocycles. The van der Waals surface area contributed by atoms with E-state index in [9.17, 15) is 0 Å². The Hall–Kier alpha value is -0.230. The fraction of sp³-hybridized carbons (Fsp3) is 0.778. The minimum Gasteiger partial charge on any atom is -0.366 e. The van der Waals surface area contributed by atoms with Crippen LogP contribution in [-0.4, -0.2) is 25.8 Å². The van der Waals surface area contributed by atoms with Crippen molar-refractivity contribution in [2.45, 2.75) is 18.9 Å². The van der Waals surface area contributed by atoms with Gasteiger partial charge in [0.2, 0.25) is 0 Å². The van der Waals surface area contributed by atoms with E-state index < -0.39 is 0 Å². The Bertz CT molecular complexity index is 187. The van der Waals surface area contributed by atoms with Crippen molar-refractivity contribution in [1.82, 2.24) is 5.32 Å². The normalized spacial score (nSPS) is 24.9. The van der Waals surface area contributed by atoms with Gasteiger partial charge in [0.15, 0.2) is 0 Å². The molecule has 0 aromatic carbocycles. The zero-order valence-electron chi connectivity index (χ0n) is 7.01. The summed E-state index contributed by atoms with van der Waals surface area (Å²) in [5, 5.41) is 3.28. The van der Waals surface area contributed by atoms with Crippen LogP contribution >= 0.6 is 12.4 Å². The van der Waals surface area contributed by atoms with Gasteiger partial charge in [0.05, 0.1) is 6.10 Å². The summed E-state index contributed by atoms with van der Waals surface area (Å²) in [6, 6.07) is 0. The molecule has 1 aliphatic carbocycles. The van der Waals surface area contributed by atoms with E-state index in [4.69, 9.17) is 11.2 Å². The van der Waals surface area contributed by atoms with Crippen LogP contribution in [0.2, 0.25) is 0 Å². The van der Waals surface area contributed by atoms with E-state index in [1.807, 2.05) is 0 Å². The second kappa shape index (κ2) is 3.66. The number of ether oxygens (including phenoxy) is 1. The molecule has 0 aromatic heterocycles. The molecular weight excluding hydrogens is 174 g/mol. The number of rotatable bonds is 2. The highest BCUT2D eigenvalue weighted by atomic mass is 35.5. The lowest BCUT2D eigenvalue weighted by atomic mass is 9.63. The molecule has 1 saturated heterocycles. The van der Waals surface area contributed by atoms with Crippen molar-refractivity contribution in [3.63, 3.8) is 0 Å². The lowest BCUT2D eigenvalue weighted by Crippen LogP contribution is -2.62. The smallest absolute Gasteiger partial charge is 0.107 e. The van der Waals surface area contributed by atoms with Gasteiger partial charge in [-0.2, -0.15) is 0 Å². The molecule has 0 amide bonds. The van der Waals surface area contributed by atoms with E-state index in [0.29, 0.717) is 18.1 Å². The number of nitrogens with one attached hydrogen (secondary N) is 1. The van der Waals surface area contributed by atoms with Crippen LogP contribution in [0.4, 0.5) is 0 Å². The van der Waals surface area contributed by atoms with E-state index in [-0.39, 0.29) is 12.4 Å². The molecule has 0 aromatic rings. The lowest BCUT2D eigenvalue weighted by molar-refractivity contribution is -0.0940. The van der Waals surface area contributed by atoms with Crippen molar-refractivity contribution < 1.29 is 4.74 Å². The van der Waals surface area contributed by atoms with Crippen LogP contribution in [0, 0.1) is 17.8 Å². The third kappa shape index (κ3) is 1.59. The van der Waals surface area contributed by atoms with Gasteiger partial charge >= 0.3 is 0 Å². The molecule has 0 radical (unpaired) electrons. The standard InChI is InChI=1S/C9H13NO.ClH/c1-2-3-11-8-4-9(5-8)6-10-7-9;/h1,8,10H,3-7H2;1H. The Balaban J connectivity index is 0.000000720. The van der Waals surface area contributed by atoms with Gasteiger partial charge < -0.3 is 10.1 Å². The minimum absolute atomic E-state index is 0. The highest BCUT2D eigenvalue weighted by Gasteiger charge is 2.48. The van der Waals surface area contributed by atoms with Gasteiger partial charge in [-0.3, -0.25) is 0 Å². The number of terminal acetylenes is 1. The monoisotopic (exact) mass is 187 g/mol. The Labute approximate surface area is 79.5 Å². The fourth-order valence-corrected chi connectivity index (χ4v) is 1.96. The van der Waals surface area contributed by atoms with Gasteiger partial charge in [-0.15, -0.1) is 18.8 Å². The molecule has 2 fully saturated rings. The average Bonchev–Trinajstić information content (AvgIpc) is 1.81. The maximum Gasteiger partial charge on any atom is 0.107 e. The summed E-state index contributed by atoms with van der Waals surface area (Å²) in [6.45, 7) is 2.85. The van der Waals surface area contributed by atoms with Crippen molar-refractivity contribution in [1.29, 1.82) is 0 Å². The molecule has 0 bridgehead atoms. The maximum absolute atomic E-state index is 5.39. The summed E-state index contributed by atoms with van der Waals surface area (Å²) < 4.78 is 5.39. The van der Waals surface area contributed by atoms with Gasteiger partial charge in [0, 0.05) is 18.5 Å². The largest absolute Gasteiger partial charge is 0.366 e. The van der Waals surface area contributed by atoms with Gasteiger partial charge in [0.25, 0.3) is 0 Å². The zero-order chi connectivity index (χ0) is 7.73. The van der Waals surface area contributed by atoms with E-state index in [1.165, 1.54) is 25.9 Å². The molecule has 1 N–H and O–H groups in total. The molecule has 68 valence electrons. The summed E-state index contributed by atoms with van der Waals surface area (Å²) in [5.74, 6) is 2.49. The fourth-order valence-electron chi connectivity index (χ4n) is 1.96. The van der Waals surface area contributed by atoms with Crippen LogP contribution in [-0.2, 0) is 4.74 Å². The first kappa shape index (κ1) is 9.85. The second-order valence-electron chi connectivity index (χ2n) is 3.65. The first-order chi connectivity index (χ1) is 5.35. The van der Waals surface area contributed by atoms with E-state index >= 15 is 0 Å². The first-order valence-corrected chi connectivity index (χ1v) is 4.10. The highest BCUT2D eigenvalue weighted by Crippen LogP contribution is 2.45.